The molecular weight excluding hydrogens is 212 g/mol. The van der Waals surface area contributed by atoms with Crippen LogP contribution in [0.5, 0.6) is 0 Å². The Bertz CT molecular complexity index is 327. The van der Waals surface area contributed by atoms with Crippen molar-refractivity contribution < 1.29 is 9.47 Å². The van der Waals surface area contributed by atoms with E-state index in [1.807, 2.05) is 24.3 Å². The fourth-order valence-corrected chi connectivity index (χ4v) is 1.84. The van der Waals surface area contributed by atoms with Gasteiger partial charge in [-0.2, -0.15) is 0 Å². The van der Waals surface area contributed by atoms with E-state index in [4.69, 9.17) is 21.1 Å². The van der Waals surface area contributed by atoms with Crippen molar-refractivity contribution in [2.24, 2.45) is 5.92 Å². The highest BCUT2D eigenvalue weighted by atomic mass is 35.5. The molecule has 0 aromatic heterocycles. The van der Waals surface area contributed by atoms with E-state index in [0.29, 0.717) is 12.5 Å². The van der Waals surface area contributed by atoms with Crippen LogP contribution in [-0.2, 0) is 16.1 Å². The Morgan fingerprint density at radius 1 is 1.47 bits per heavy atom. The molecule has 0 spiro atoms. The number of benzene rings is 1. The first kappa shape index (κ1) is 10.9. The second-order valence-corrected chi connectivity index (χ2v) is 4.41. The van der Waals surface area contributed by atoms with Crippen LogP contribution in [0.1, 0.15) is 18.9 Å². The summed E-state index contributed by atoms with van der Waals surface area (Å²) in [5, 5.41) is 0.753. The van der Waals surface area contributed by atoms with Crippen molar-refractivity contribution >= 4 is 11.6 Å². The number of halogens is 1. The third-order valence-electron chi connectivity index (χ3n) is 2.54. The summed E-state index contributed by atoms with van der Waals surface area (Å²) < 4.78 is 11.1. The van der Waals surface area contributed by atoms with Crippen molar-refractivity contribution in [3.05, 3.63) is 34.9 Å². The Kier molecular flexibility index (Phi) is 3.62. The first-order chi connectivity index (χ1) is 7.25. The molecule has 82 valence electrons. The molecule has 1 saturated heterocycles. The Hall–Kier alpha value is -0.570. The van der Waals surface area contributed by atoms with Crippen LogP contribution in [0, 0.1) is 5.92 Å². The number of hydrogen-bond acceptors (Lipinski definition) is 2. The van der Waals surface area contributed by atoms with Crippen LogP contribution in [-0.4, -0.2) is 12.9 Å². The average molecular weight is 227 g/mol. The van der Waals surface area contributed by atoms with E-state index < -0.39 is 0 Å². The fraction of sp³-hybridized carbons (Fsp3) is 0.500. The molecule has 1 aromatic rings. The van der Waals surface area contributed by atoms with Gasteiger partial charge in [0, 0.05) is 11.4 Å². The van der Waals surface area contributed by atoms with Crippen LogP contribution in [0.4, 0.5) is 0 Å². The van der Waals surface area contributed by atoms with Gasteiger partial charge in [0.15, 0.2) is 6.29 Å². The molecule has 1 heterocycles. The van der Waals surface area contributed by atoms with Crippen molar-refractivity contribution in [1.82, 2.24) is 0 Å². The molecule has 15 heavy (non-hydrogen) atoms. The monoisotopic (exact) mass is 226 g/mol. The van der Waals surface area contributed by atoms with Crippen LogP contribution >= 0.6 is 11.6 Å². The fourth-order valence-electron chi connectivity index (χ4n) is 1.65. The Morgan fingerprint density at radius 3 is 2.93 bits per heavy atom. The molecule has 0 radical (unpaired) electrons. The minimum atomic E-state index is -0.0590. The minimum absolute atomic E-state index is 0.0590. The SMILES string of the molecule is C[C@H]1COC(OCc2ccccc2Cl)C1. The molecular formula is C12H15ClO2. The maximum atomic E-state index is 6.02. The van der Waals surface area contributed by atoms with Gasteiger partial charge in [0.05, 0.1) is 13.2 Å². The van der Waals surface area contributed by atoms with E-state index in [-0.39, 0.29) is 6.29 Å². The topological polar surface area (TPSA) is 18.5 Å². The van der Waals surface area contributed by atoms with E-state index >= 15 is 0 Å². The maximum absolute atomic E-state index is 6.02. The number of rotatable bonds is 3. The third-order valence-corrected chi connectivity index (χ3v) is 2.91. The summed E-state index contributed by atoms with van der Waals surface area (Å²) in [6.07, 6.45) is 0.918. The largest absolute Gasteiger partial charge is 0.352 e. The number of ether oxygens (including phenoxy) is 2. The quantitative estimate of drug-likeness (QED) is 0.788. The summed E-state index contributed by atoms with van der Waals surface area (Å²) in [6, 6.07) is 7.72. The Labute approximate surface area is 95.1 Å². The van der Waals surface area contributed by atoms with Gasteiger partial charge in [0.25, 0.3) is 0 Å². The molecule has 1 fully saturated rings. The zero-order valence-corrected chi connectivity index (χ0v) is 9.54. The van der Waals surface area contributed by atoms with Crippen LogP contribution in [0.3, 0.4) is 0 Å². The van der Waals surface area contributed by atoms with Crippen LogP contribution in [0.2, 0.25) is 5.02 Å². The summed E-state index contributed by atoms with van der Waals surface area (Å²) in [5.41, 5.74) is 1.02. The zero-order valence-electron chi connectivity index (χ0n) is 8.78. The molecule has 0 saturated carbocycles. The number of hydrogen-bond donors (Lipinski definition) is 0. The lowest BCUT2D eigenvalue weighted by molar-refractivity contribution is -0.118. The second kappa shape index (κ2) is 4.97. The highest BCUT2D eigenvalue weighted by molar-refractivity contribution is 6.31. The van der Waals surface area contributed by atoms with Crippen molar-refractivity contribution in [3.8, 4) is 0 Å². The predicted octanol–water partition coefficient (Wildman–Crippen LogP) is 3.24. The van der Waals surface area contributed by atoms with Crippen molar-refractivity contribution in [2.75, 3.05) is 6.61 Å². The summed E-state index contributed by atoms with van der Waals surface area (Å²) in [5.74, 6) is 0.598. The van der Waals surface area contributed by atoms with Gasteiger partial charge in [0.1, 0.15) is 0 Å². The van der Waals surface area contributed by atoms with E-state index in [2.05, 4.69) is 6.92 Å². The summed E-state index contributed by atoms with van der Waals surface area (Å²) in [7, 11) is 0. The molecule has 1 aromatic carbocycles. The molecule has 0 aliphatic carbocycles. The van der Waals surface area contributed by atoms with Gasteiger partial charge in [-0.3, -0.25) is 0 Å². The lowest BCUT2D eigenvalue weighted by Crippen LogP contribution is -2.10. The van der Waals surface area contributed by atoms with Crippen molar-refractivity contribution in [3.63, 3.8) is 0 Å². The van der Waals surface area contributed by atoms with Gasteiger partial charge < -0.3 is 9.47 Å². The van der Waals surface area contributed by atoms with Gasteiger partial charge in [-0.1, -0.05) is 36.7 Å². The highest BCUT2D eigenvalue weighted by Crippen LogP contribution is 2.22. The Balaban J connectivity index is 1.86. The highest BCUT2D eigenvalue weighted by Gasteiger charge is 2.22. The molecule has 1 aliphatic rings. The molecule has 0 N–H and O–H groups in total. The van der Waals surface area contributed by atoms with Crippen molar-refractivity contribution in [2.45, 2.75) is 26.2 Å². The lowest BCUT2D eigenvalue weighted by Gasteiger charge is -2.11. The zero-order chi connectivity index (χ0) is 10.7. The maximum Gasteiger partial charge on any atom is 0.158 e. The van der Waals surface area contributed by atoms with E-state index in [0.717, 1.165) is 23.6 Å². The average Bonchev–Trinajstić information content (AvgIpc) is 2.63. The first-order valence-electron chi connectivity index (χ1n) is 5.22. The Morgan fingerprint density at radius 2 is 2.27 bits per heavy atom. The van der Waals surface area contributed by atoms with E-state index in [9.17, 15) is 0 Å². The van der Waals surface area contributed by atoms with Gasteiger partial charge in [-0.15, -0.1) is 0 Å². The van der Waals surface area contributed by atoms with Gasteiger partial charge >= 0.3 is 0 Å². The smallest absolute Gasteiger partial charge is 0.158 e. The van der Waals surface area contributed by atoms with E-state index in [1.54, 1.807) is 0 Å². The van der Waals surface area contributed by atoms with Gasteiger partial charge in [-0.05, 0) is 17.5 Å². The molecule has 2 atom stereocenters. The molecule has 1 aliphatic heterocycles. The van der Waals surface area contributed by atoms with Gasteiger partial charge in [0.2, 0.25) is 0 Å². The van der Waals surface area contributed by atoms with Crippen LogP contribution < -0.4 is 0 Å². The normalized spacial score (nSPS) is 25.7. The van der Waals surface area contributed by atoms with Crippen LogP contribution in [0.15, 0.2) is 24.3 Å². The van der Waals surface area contributed by atoms with Crippen LogP contribution in [0.25, 0.3) is 0 Å². The molecule has 2 nitrogen and oxygen atoms in total. The first-order valence-corrected chi connectivity index (χ1v) is 5.60. The standard InChI is InChI=1S/C12H15ClO2/c1-9-6-12(14-7-9)15-8-10-4-2-3-5-11(10)13/h2-5,9,12H,6-8H2,1H3/t9-,12?/m1/s1. The minimum Gasteiger partial charge on any atom is -0.352 e. The molecule has 1 unspecified atom stereocenters. The predicted molar refractivity (Wildman–Crippen MR) is 59.8 cm³/mol. The van der Waals surface area contributed by atoms with Gasteiger partial charge in [-0.25, -0.2) is 0 Å². The summed E-state index contributed by atoms with van der Waals surface area (Å²) in [6.45, 7) is 3.49. The molecule has 2 rings (SSSR count). The van der Waals surface area contributed by atoms with E-state index in [1.165, 1.54) is 0 Å². The molecule has 3 heteroatoms. The molecule has 0 amide bonds. The third kappa shape index (κ3) is 2.94. The molecule has 0 bridgehead atoms. The lowest BCUT2D eigenvalue weighted by atomic mass is 10.1. The summed E-state index contributed by atoms with van der Waals surface area (Å²) >= 11 is 6.02. The second-order valence-electron chi connectivity index (χ2n) is 4.01. The summed E-state index contributed by atoms with van der Waals surface area (Å²) in [4.78, 5) is 0. The van der Waals surface area contributed by atoms with Crippen molar-refractivity contribution in [1.29, 1.82) is 0 Å².